The van der Waals surface area contributed by atoms with Gasteiger partial charge in [-0.15, -0.1) is 0 Å². The highest BCUT2D eigenvalue weighted by molar-refractivity contribution is 6.38. The topological polar surface area (TPSA) is 42.1 Å². The van der Waals surface area contributed by atoms with Crippen LogP contribution in [0.5, 0.6) is 0 Å². The predicted molar refractivity (Wildman–Crippen MR) is 54.6 cm³/mol. The second-order valence-electron chi connectivity index (χ2n) is 3.00. The van der Waals surface area contributed by atoms with Gasteiger partial charge in [-0.05, 0) is 18.2 Å². The second kappa shape index (κ2) is 3.55. The van der Waals surface area contributed by atoms with E-state index in [1.807, 2.05) is 0 Å². The minimum Gasteiger partial charge on any atom is -0.464 e. The zero-order valence-corrected chi connectivity index (χ0v) is 8.56. The molecule has 0 atom stereocenters. The molecule has 0 saturated carbocycles. The molecule has 0 aliphatic carbocycles. The van der Waals surface area contributed by atoms with Crippen molar-refractivity contribution in [3.63, 3.8) is 0 Å². The molecule has 1 aromatic heterocycles. The number of esters is 1. The molecule has 0 spiro atoms. The molecule has 1 aromatic carbocycles. The van der Waals surface area contributed by atoms with Crippen molar-refractivity contribution < 1.29 is 13.9 Å². The van der Waals surface area contributed by atoms with Crippen molar-refractivity contribution in [3.8, 4) is 0 Å². The summed E-state index contributed by atoms with van der Waals surface area (Å²) in [6.45, 7) is 0. The molecule has 0 bridgehead atoms. The van der Waals surface area contributed by atoms with E-state index in [1.165, 1.54) is 25.3 Å². The highest BCUT2D eigenvalue weighted by atomic mass is 35.5. The van der Waals surface area contributed by atoms with Crippen molar-refractivity contribution in [2.75, 3.05) is 7.11 Å². The standard InChI is InChI=1S/C10H7ClFNO2/c1-15-10(14)9-8(11)6-4-5(12)2-3-7(6)13-9/h2-4,13H,1H3. The number of rotatable bonds is 1. The summed E-state index contributed by atoms with van der Waals surface area (Å²) in [5.74, 6) is -0.976. The number of carbonyl (C=O) groups excluding carboxylic acids is 1. The van der Waals surface area contributed by atoms with Gasteiger partial charge in [-0.25, -0.2) is 9.18 Å². The Balaban J connectivity index is 2.69. The van der Waals surface area contributed by atoms with Gasteiger partial charge in [0.05, 0.1) is 12.1 Å². The van der Waals surface area contributed by atoms with Crippen LogP contribution >= 0.6 is 11.6 Å². The van der Waals surface area contributed by atoms with E-state index < -0.39 is 11.8 Å². The number of H-pyrrole nitrogens is 1. The molecular formula is C10H7ClFNO2. The molecule has 0 aliphatic rings. The number of ether oxygens (including phenoxy) is 1. The summed E-state index contributed by atoms with van der Waals surface area (Å²) in [6.07, 6.45) is 0. The Labute approximate surface area is 89.8 Å². The summed E-state index contributed by atoms with van der Waals surface area (Å²) >= 11 is 5.90. The number of hydrogen-bond donors (Lipinski definition) is 1. The van der Waals surface area contributed by atoms with Crippen LogP contribution in [0.1, 0.15) is 10.5 Å². The van der Waals surface area contributed by atoms with Crippen LogP contribution in [-0.2, 0) is 4.74 Å². The number of hydrogen-bond acceptors (Lipinski definition) is 2. The Morgan fingerprint density at radius 1 is 1.53 bits per heavy atom. The van der Waals surface area contributed by atoms with Gasteiger partial charge in [0.15, 0.2) is 0 Å². The van der Waals surface area contributed by atoms with E-state index in [4.69, 9.17) is 11.6 Å². The number of carbonyl (C=O) groups is 1. The Morgan fingerprint density at radius 3 is 2.93 bits per heavy atom. The van der Waals surface area contributed by atoms with Crippen LogP contribution in [0.25, 0.3) is 10.9 Å². The monoisotopic (exact) mass is 227 g/mol. The van der Waals surface area contributed by atoms with Gasteiger partial charge in [0.1, 0.15) is 11.5 Å². The van der Waals surface area contributed by atoms with Crippen LogP contribution < -0.4 is 0 Å². The van der Waals surface area contributed by atoms with E-state index in [2.05, 4.69) is 9.72 Å². The minimum atomic E-state index is -0.573. The molecule has 78 valence electrons. The molecule has 2 aromatic rings. The van der Waals surface area contributed by atoms with E-state index in [0.717, 1.165) is 0 Å². The van der Waals surface area contributed by atoms with E-state index in [-0.39, 0.29) is 10.7 Å². The van der Waals surface area contributed by atoms with E-state index in [1.54, 1.807) is 0 Å². The first kappa shape index (κ1) is 9.98. The fourth-order valence-electron chi connectivity index (χ4n) is 1.37. The first-order chi connectivity index (χ1) is 7.13. The van der Waals surface area contributed by atoms with Crippen molar-refractivity contribution in [1.82, 2.24) is 4.98 Å². The lowest BCUT2D eigenvalue weighted by Gasteiger charge is -1.94. The lowest BCUT2D eigenvalue weighted by Crippen LogP contribution is -2.01. The third-order valence-corrected chi connectivity index (χ3v) is 2.48. The Kier molecular flexibility index (Phi) is 2.36. The van der Waals surface area contributed by atoms with Crippen molar-refractivity contribution >= 4 is 28.5 Å². The van der Waals surface area contributed by atoms with E-state index >= 15 is 0 Å². The van der Waals surface area contributed by atoms with Gasteiger partial charge in [0.25, 0.3) is 0 Å². The fourth-order valence-corrected chi connectivity index (χ4v) is 1.65. The SMILES string of the molecule is COC(=O)c1[nH]c2ccc(F)cc2c1Cl. The number of benzene rings is 1. The largest absolute Gasteiger partial charge is 0.464 e. The summed E-state index contributed by atoms with van der Waals surface area (Å²) in [4.78, 5) is 14.0. The number of aromatic nitrogens is 1. The number of nitrogens with one attached hydrogen (secondary N) is 1. The fraction of sp³-hybridized carbons (Fsp3) is 0.100. The summed E-state index contributed by atoms with van der Waals surface area (Å²) in [5.41, 5.74) is 0.738. The highest BCUT2D eigenvalue weighted by Crippen LogP contribution is 2.28. The highest BCUT2D eigenvalue weighted by Gasteiger charge is 2.16. The van der Waals surface area contributed by atoms with Crippen LogP contribution in [0.3, 0.4) is 0 Å². The zero-order valence-electron chi connectivity index (χ0n) is 7.80. The number of methoxy groups -OCH3 is 1. The molecule has 0 amide bonds. The molecule has 1 N–H and O–H groups in total. The van der Waals surface area contributed by atoms with E-state index in [9.17, 15) is 9.18 Å². The third kappa shape index (κ3) is 1.57. The van der Waals surface area contributed by atoms with Crippen LogP contribution in [-0.4, -0.2) is 18.1 Å². The minimum absolute atomic E-state index is 0.139. The van der Waals surface area contributed by atoms with Crippen molar-refractivity contribution in [2.24, 2.45) is 0 Å². The quantitative estimate of drug-likeness (QED) is 0.762. The zero-order chi connectivity index (χ0) is 11.0. The van der Waals surface area contributed by atoms with Gasteiger partial charge < -0.3 is 9.72 Å². The maximum atomic E-state index is 12.9. The maximum Gasteiger partial charge on any atom is 0.356 e. The Hall–Kier alpha value is -1.55. The van der Waals surface area contributed by atoms with Crippen LogP contribution in [0, 0.1) is 5.82 Å². The average Bonchev–Trinajstić information content (AvgIpc) is 2.55. The summed E-state index contributed by atoms with van der Waals surface area (Å²) in [5, 5.41) is 0.647. The third-order valence-electron chi connectivity index (χ3n) is 2.09. The van der Waals surface area contributed by atoms with Crippen LogP contribution in [0.4, 0.5) is 4.39 Å². The Morgan fingerprint density at radius 2 is 2.27 bits per heavy atom. The predicted octanol–water partition coefficient (Wildman–Crippen LogP) is 2.75. The molecule has 0 fully saturated rings. The first-order valence-electron chi connectivity index (χ1n) is 4.18. The molecule has 0 unspecified atom stereocenters. The smallest absolute Gasteiger partial charge is 0.356 e. The summed E-state index contributed by atoms with van der Waals surface area (Å²) in [7, 11) is 1.25. The summed E-state index contributed by atoms with van der Waals surface area (Å²) in [6, 6.07) is 4.07. The van der Waals surface area contributed by atoms with Crippen molar-refractivity contribution in [3.05, 3.63) is 34.7 Å². The molecule has 3 nitrogen and oxygen atoms in total. The van der Waals surface area contributed by atoms with Crippen LogP contribution in [0.15, 0.2) is 18.2 Å². The molecule has 0 saturated heterocycles. The normalized spacial score (nSPS) is 10.6. The first-order valence-corrected chi connectivity index (χ1v) is 4.56. The lowest BCUT2D eigenvalue weighted by molar-refractivity contribution is 0.0595. The molecular weight excluding hydrogens is 221 g/mol. The van der Waals surface area contributed by atoms with E-state index in [0.29, 0.717) is 10.9 Å². The van der Waals surface area contributed by atoms with Gasteiger partial charge in [-0.2, -0.15) is 0 Å². The molecule has 2 rings (SSSR count). The van der Waals surface area contributed by atoms with Gasteiger partial charge in [0, 0.05) is 10.9 Å². The number of halogens is 2. The lowest BCUT2D eigenvalue weighted by atomic mass is 10.2. The molecule has 1 heterocycles. The molecule has 0 radical (unpaired) electrons. The van der Waals surface area contributed by atoms with Gasteiger partial charge in [0.2, 0.25) is 0 Å². The average molecular weight is 228 g/mol. The number of fused-ring (bicyclic) bond motifs is 1. The number of aromatic amines is 1. The van der Waals surface area contributed by atoms with Crippen molar-refractivity contribution in [1.29, 1.82) is 0 Å². The van der Waals surface area contributed by atoms with Crippen LogP contribution in [0.2, 0.25) is 5.02 Å². The molecule has 0 aliphatic heterocycles. The van der Waals surface area contributed by atoms with Gasteiger partial charge in [-0.3, -0.25) is 0 Å². The van der Waals surface area contributed by atoms with Gasteiger partial charge in [-0.1, -0.05) is 11.6 Å². The molecule has 5 heteroatoms. The molecule has 15 heavy (non-hydrogen) atoms. The second-order valence-corrected chi connectivity index (χ2v) is 3.37. The summed E-state index contributed by atoms with van der Waals surface area (Å²) < 4.78 is 17.4. The Bertz CT molecular complexity index is 535. The maximum absolute atomic E-state index is 12.9. The van der Waals surface area contributed by atoms with Crippen molar-refractivity contribution in [2.45, 2.75) is 0 Å². The van der Waals surface area contributed by atoms with Gasteiger partial charge >= 0.3 is 5.97 Å².